The molecule has 1 heterocycles. The molecule has 0 aromatic carbocycles. The molecule has 19 heavy (non-hydrogen) atoms. The molecule has 108 valence electrons. The number of nitrogens with one attached hydrogen (secondary N) is 1. The van der Waals surface area contributed by atoms with Crippen LogP contribution in [0.5, 0.6) is 0 Å². The second-order valence-electron chi connectivity index (χ2n) is 5.87. The SMILES string of the molecule is CCCNCC1CCCCCC1Cc1ncnn1C. The lowest BCUT2D eigenvalue weighted by Crippen LogP contribution is -2.29. The Balaban J connectivity index is 1.94. The molecule has 1 aliphatic rings. The molecule has 4 nitrogen and oxygen atoms in total. The van der Waals surface area contributed by atoms with Crippen molar-refractivity contribution in [1.29, 1.82) is 0 Å². The molecule has 0 radical (unpaired) electrons. The van der Waals surface area contributed by atoms with E-state index in [1.807, 2.05) is 11.7 Å². The standard InChI is InChI=1S/C15H28N4/c1-3-9-16-11-14-8-6-4-5-7-13(14)10-15-17-12-18-19(15)2/h12-14,16H,3-11H2,1-2H3. The van der Waals surface area contributed by atoms with Gasteiger partial charge in [-0.2, -0.15) is 5.10 Å². The average molecular weight is 264 g/mol. The Morgan fingerprint density at radius 1 is 1.26 bits per heavy atom. The van der Waals surface area contributed by atoms with Crippen LogP contribution in [0.4, 0.5) is 0 Å². The van der Waals surface area contributed by atoms with Gasteiger partial charge in [0, 0.05) is 13.5 Å². The van der Waals surface area contributed by atoms with Crippen LogP contribution in [0.1, 0.15) is 51.3 Å². The smallest absolute Gasteiger partial charge is 0.138 e. The summed E-state index contributed by atoms with van der Waals surface area (Å²) >= 11 is 0. The van der Waals surface area contributed by atoms with E-state index in [2.05, 4.69) is 22.3 Å². The van der Waals surface area contributed by atoms with Gasteiger partial charge in [0.15, 0.2) is 0 Å². The lowest BCUT2D eigenvalue weighted by molar-refractivity contribution is 0.291. The van der Waals surface area contributed by atoms with Crippen LogP contribution < -0.4 is 5.32 Å². The quantitative estimate of drug-likeness (QED) is 0.634. The maximum Gasteiger partial charge on any atom is 0.138 e. The molecule has 0 amide bonds. The van der Waals surface area contributed by atoms with Crippen LogP contribution in [0.25, 0.3) is 0 Å². The summed E-state index contributed by atoms with van der Waals surface area (Å²) in [5.41, 5.74) is 0. The molecule has 1 saturated carbocycles. The van der Waals surface area contributed by atoms with Gasteiger partial charge in [-0.3, -0.25) is 4.68 Å². The van der Waals surface area contributed by atoms with Crippen LogP contribution >= 0.6 is 0 Å². The minimum atomic E-state index is 0.773. The molecular weight excluding hydrogens is 236 g/mol. The van der Waals surface area contributed by atoms with Crippen molar-refractivity contribution in [3.63, 3.8) is 0 Å². The van der Waals surface area contributed by atoms with Gasteiger partial charge in [-0.1, -0.05) is 26.2 Å². The first-order valence-corrected chi connectivity index (χ1v) is 7.84. The van der Waals surface area contributed by atoms with E-state index in [4.69, 9.17) is 0 Å². The summed E-state index contributed by atoms with van der Waals surface area (Å²) in [6, 6.07) is 0. The van der Waals surface area contributed by atoms with Gasteiger partial charge < -0.3 is 5.32 Å². The molecule has 1 N–H and O–H groups in total. The lowest BCUT2D eigenvalue weighted by Gasteiger charge is -2.25. The highest BCUT2D eigenvalue weighted by Gasteiger charge is 2.24. The third kappa shape index (κ3) is 4.30. The maximum atomic E-state index is 4.40. The van der Waals surface area contributed by atoms with Gasteiger partial charge in [-0.15, -0.1) is 0 Å². The van der Waals surface area contributed by atoms with E-state index in [-0.39, 0.29) is 0 Å². The Labute approximate surface area is 117 Å². The van der Waals surface area contributed by atoms with Crippen molar-refractivity contribution in [2.75, 3.05) is 13.1 Å². The largest absolute Gasteiger partial charge is 0.316 e. The molecule has 2 unspecified atom stereocenters. The molecule has 0 spiro atoms. The zero-order valence-corrected chi connectivity index (χ0v) is 12.4. The van der Waals surface area contributed by atoms with E-state index >= 15 is 0 Å². The molecule has 0 bridgehead atoms. The first kappa shape index (κ1) is 14.5. The van der Waals surface area contributed by atoms with Gasteiger partial charge in [-0.05, 0) is 44.2 Å². The van der Waals surface area contributed by atoms with Crippen molar-refractivity contribution >= 4 is 0 Å². The fraction of sp³-hybridized carbons (Fsp3) is 0.867. The van der Waals surface area contributed by atoms with Crippen LogP contribution in [-0.4, -0.2) is 27.9 Å². The highest BCUT2D eigenvalue weighted by molar-refractivity contribution is 4.89. The van der Waals surface area contributed by atoms with Crippen LogP contribution in [0, 0.1) is 11.8 Å². The molecule has 0 saturated heterocycles. The fourth-order valence-electron chi connectivity index (χ4n) is 3.20. The molecular formula is C15H28N4. The minimum absolute atomic E-state index is 0.773. The van der Waals surface area contributed by atoms with Crippen molar-refractivity contribution < 1.29 is 0 Å². The molecule has 0 aliphatic heterocycles. The predicted molar refractivity (Wildman–Crippen MR) is 77.9 cm³/mol. The molecule has 4 heteroatoms. The predicted octanol–water partition coefficient (Wildman–Crippen LogP) is 2.55. The third-order valence-electron chi connectivity index (χ3n) is 4.40. The second kappa shape index (κ2) is 7.63. The topological polar surface area (TPSA) is 42.7 Å². The fourth-order valence-corrected chi connectivity index (χ4v) is 3.20. The van der Waals surface area contributed by atoms with E-state index in [0.717, 1.165) is 30.6 Å². The summed E-state index contributed by atoms with van der Waals surface area (Å²) in [4.78, 5) is 4.40. The molecule has 1 aromatic rings. The summed E-state index contributed by atoms with van der Waals surface area (Å²) in [5, 5.41) is 7.81. The van der Waals surface area contributed by atoms with Gasteiger partial charge >= 0.3 is 0 Å². The summed E-state index contributed by atoms with van der Waals surface area (Å²) < 4.78 is 1.93. The molecule has 1 aromatic heterocycles. The molecule has 1 fully saturated rings. The van der Waals surface area contributed by atoms with Crippen molar-refractivity contribution in [3.8, 4) is 0 Å². The van der Waals surface area contributed by atoms with Crippen LogP contribution in [0.3, 0.4) is 0 Å². The average Bonchev–Trinajstić information content (AvgIpc) is 2.68. The zero-order chi connectivity index (χ0) is 13.5. The number of hydrogen-bond donors (Lipinski definition) is 1. The Morgan fingerprint density at radius 2 is 2.05 bits per heavy atom. The lowest BCUT2D eigenvalue weighted by atomic mass is 9.85. The summed E-state index contributed by atoms with van der Waals surface area (Å²) in [6.07, 6.45) is 10.9. The Hall–Kier alpha value is -0.900. The van der Waals surface area contributed by atoms with Crippen molar-refractivity contribution in [3.05, 3.63) is 12.2 Å². The third-order valence-corrected chi connectivity index (χ3v) is 4.40. The molecule has 2 rings (SSSR count). The van der Waals surface area contributed by atoms with Gasteiger partial charge in [-0.25, -0.2) is 4.98 Å². The van der Waals surface area contributed by atoms with Crippen LogP contribution in [0.2, 0.25) is 0 Å². The summed E-state index contributed by atoms with van der Waals surface area (Å²) in [7, 11) is 2.00. The number of aromatic nitrogens is 3. The van der Waals surface area contributed by atoms with Crippen molar-refractivity contribution in [2.24, 2.45) is 18.9 Å². The van der Waals surface area contributed by atoms with Crippen molar-refractivity contribution in [1.82, 2.24) is 20.1 Å². The Kier molecular flexibility index (Phi) is 5.83. The summed E-state index contributed by atoms with van der Waals surface area (Å²) in [6.45, 7) is 4.56. The highest BCUT2D eigenvalue weighted by atomic mass is 15.3. The number of aryl methyl sites for hydroxylation is 1. The molecule has 2 atom stereocenters. The van der Waals surface area contributed by atoms with E-state index in [1.165, 1.54) is 45.1 Å². The number of hydrogen-bond acceptors (Lipinski definition) is 3. The molecule has 1 aliphatic carbocycles. The van der Waals surface area contributed by atoms with E-state index < -0.39 is 0 Å². The monoisotopic (exact) mass is 264 g/mol. The van der Waals surface area contributed by atoms with E-state index in [0.29, 0.717) is 0 Å². The highest BCUT2D eigenvalue weighted by Crippen LogP contribution is 2.30. The van der Waals surface area contributed by atoms with E-state index in [9.17, 15) is 0 Å². The zero-order valence-electron chi connectivity index (χ0n) is 12.4. The number of nitrogens with zero attached hydrogens (tertiary/aromatic N) is 3. The summed E-state index contributed by atoms with van der Waals surface area (Å²) in [5.74, 6) is 2.73. The Bertz CT molecular complexity index is 361. The first-order chi connectivity index (χ1) is 9.31. The van der Waals surface area contributed by atoms with Gasteiger partial charge in [0.25, 0.3) is 0 Å². The maximum absolute atomic E-state index is 4.40. The Morgan fingerprint density at radius 3 is 2.74 bits per heavy atom. The van der Waals surface area contributed by atoms with Crippen LogP contribution in [0.15, 0.2) is 6.33 Å². The van der Waals surface area contributed by atoms with Gasteiger partial charge in [0.05, 0.1) is 0 Å². The van der Waals surface area contributed by atoms with Crippen molar-refractivity contribution in [2.45, 2.75) is 51.9 Å². The van der Waals surface area contributed by atoms with Gasteiger partial charge in [0.1, 0.15) is 12.2 Å². The second-order valence-corrected chi connectivity index (χ2v) is 5.87. The normalized spacial score (nSPS) is 24.3. The number of rotatable bonds is 6. The van der Waals surface area contributed by atoms with Crippen LogP contribution in [-0.2, 0) is 13.5 Å². The first-order valence-electron chi connectivity index (χ1n) is 7.84. The van der Waals surface area contributed by atoms with E-state index in [1.54, 1.807) is 6.33 Å². The minimum Gasteiger partial charge on any atom is -0.316 e. The van der Waals surface area contributed by atoms with Gasteiger partial charge in [0.2, 0.25) is 0 Å².